The number of fused-ring (bicyclic) bond motifs is 1. The highest BCUT2D eigenvalue weighted by Gasteiger charge is 2.40. The Kier molecular flexibility index (Phi) is 4.84. The molecule has 0 spiro atoms. The number of carboxylic acids is 1. The Hall–Kier alpha value is -2.09. The van der Waals surface area contributed by atoms with Crippen LogP contribution in [0.3, 0.4) is 0 Å². The molecule has 4 rings (SSSR count). The fourth-order valence-electron chi connectivity index (χ4n) is 3.43. The number of rotatable bonds is 4. The van der Waals surface area contributed by atoms with E-state index in [-0.39, 0.29) is 11.4 Å². The van der Waals surface area contributed by atoms with Gasteiger partial charge in [-0.05, 0) is 37.1 Å². The van der Waals surface area contributed by atoms with E-state index in [2.05, 4.69) is 5.32 Å². The van der Waals surface area contributed by atoms with Gasteiger partial charge in [0.15, 0.2) is 6.29 Å². The Morgan fingerprint density at radius 2 is 2.07 bits per heavy atom. The van der Waals surface area contributed by atoms with Crippen molar-refractivity contribution in [1.82, 2.24) is 0 Å². The first-order chi connectivity index (χ1) is 13.0. The molecule has 142 valence electrons. The van der Waals surface area contributed by atoms with E-state index in [1.165, 1.54) is 17.8 Å². The van der Waals surface area contributed by atoms with Crippen molar-refractivity contribution in [2.45, 2.75) is 35.8 Å². The molecular formula is C20H20FNO4S. The second-order valence-corrected chi connectivity index (χ2v) is 7.93. The smallest absolute Gasteiger partial charge is 0.335 e. The van der Waals surface area contributed by atoms with Gasteiger partial charge in [0.25, 0.3) is 0 Å². The summed E-state index contributed by atoms with van der Waals surface area (Å²) in [5.74, 6) is -1.31. The lowest BCUT2D eigenvalue weighted by Crippen LogP contribution is -2.28. The van der Waals surface area contributed by atoms with Crippen molar-refractivity contribution >= 4 is 23.4 Å². The molecule has 0 amide bonds. The van der Waals surface area contributed by atoms with Gasteiger partial charge in [-0.25, -0.2) is 9.18 Å². The number of anilines is 1. The molecule has 0 aliphatic carbocycles. The Morgan fingerprint density at radius 3 is 2.74 bits per heavy atom. The second-order valence-electron chi connectivity index (χ2n) is 6.59. The van der Waals surface area contributed by atoms with E-state index in [9.17, 15) is 9.90 Å². The molecule has 7 heteroatoms. The summed E-state index contributed by atoms with van der Waals surface area (Å²) in [6.45, 7) is 3.18. The average Bonchev–Trinajstić information content (AvgIpc) is 3.07. The molecule has 2 aromatic carbocycles. The van der Waals surface area contributed by atoms with Crippen LogP contribution in [-0.4, -0.2) is 24.3 Å². The van der Waals surface area contributed by atoms with Crippen molar-refractivity contribution in [2.24, 2.45) is 0 Å². The number of hydrogen-bond donors (Lipinski definition) is 2. The normalized spacial score (nSPS) is 22.3. The van der Waals surface area contributed by atoms with Gasteiger partial charge in [-0.2, -0.15) is 0 Å². The summed E-state index contributed by atoms with van der Waals surface area (Å²) >= 11 is 1.45. The van der Waals surface area contributed by atoms with Crippen LogP contribution in [-0.2, 0) is 14.3 Å². The molecule has 27 heavy (non-hydrogen) atoms. The predicted molar refractivity (Wildman–Crippen MR) is 101 cm³/mol. The second kappa shape index (κ2) is 7.14. The number of carboxylic acid groups (broad SMARTS) is 1. The third kappa shape index (κ3) is 3.31. The highest BCUT2D eigenvalue weighted by atomic mass is 32.2. The summed E-state index contributed by atoms with van der Waals surface area (Å²) in [5.41, 5.74) is 2.23. The summed E-state index contributed by atoms with van der Waals surface area (Å²) in [7, 11) is 0. The van der Waals surface area contributed by atoms with Gasteiger partial charge in [-0.1, -0.05) is 30.8 Å². The lowest BCUT2D eigenvalue weighted by Gasteiger charge is -2.30. The van der Waals surface area contributed by atoms with Crippen LogP contribution < -0.4 is 5.32 Å². The minimum absolute atomic E-state index is 0.220. The molecule has 0 radical (unpaired) electrons. The Balaban J connectivity index is 1.65. The van der Waals surface area contributed by atoms with Crippen LogP contribution in [0.25, 0.3) is 0 Å². The van der Waals surface area contributed by atoms with Crippen molar-refractivity contribution in [3.05, 3.63) is 58.9 Å². The lowest BCUT2D eigenvalue weighted by molar-refractivity contribution is -0.183. The molecular weight excluding hydrogens is 369 g/mol. The van der Waals surface area contributed by atoms with E-state index in [0.717, 1.165) is 17.0 Å². The molecule has 0 saturated carbocycles. The number of hydrogen-bond acceptors (Lipinski definition) is 5. The topological polar surface area (TPSA) is 67.8 Å². The zero-order chi connectivity index (χ0) is 19.0. The largest absolute Gasteiger partial charge is 0.478 e. The SMILES string of the molecule is CCC1(c2ccc(C3OCCCO3)cc2F)Nc2ccc(C(=O)O)cc2S1. The molecule has 2 heterocycles. The van der Waals surface area contributed by atoms with Crippen molar-refractivity contribution in [3.8, 4) is 0 Å². The average molecular weight is 389 g/mol. The summed E-state index contributed by atoms with van der Waals surface area (Å²) in [6.07, 6.45) is 0.939. The first-order valence-electron chi connectivity index (χ1n) is 8.90. The molecule has 5 nitrogen and oxygen atoms in total. The molecule has 2 aliphatic rings. The highest BCUT2D eigenvalue weighted by molar-refractivity contribution is 8.00. The molecule has 1 saturated heterocycles. The van der Waals surface area contributed by atoms with Crippen LogP contribution in [0.1, 0.15) is 47.5 Å². The van der Waals surface area contributed by atoms with Gasteiger partial charge in [0, 0.05) is 21.7 Å². The van der Waals surface area contributed by atoms with Gasteiger partial charge in [0.1, 0.15) is 10.7 Å². The van der Waals surface area contributed by atoms with E-state index in [0.29, 0.717) is 30.8 Å². The number of benzene rings is 2. The molecule has 2 aliphatic heterocycles. The van der Waals surface area contributed by atoms with E-state index in [4.69, 9.17) is 9.47 Å². The van der Waals surface area contributed by atoms with E-state index >= 15 is 4.39 Å². The van der Waals surface area contributed by atoms with Gasteiger partial charge < -0.3 is 19.9 Å². The van der Waals surface area contributed by atoms with Gasteiger partial charge in [-0.15, -0.1) is 0 Å². The van der Waals surface area contributed by atoms with Crippen LogP contribution in [0.2, 0.25) is 0 Å². The summed E-state index contributed by atoms with van der Waals surface area (Å²) in [5, 5.41) is 12.6. The van der Waals surface area contributed by atoms with Crippen LogP contribution in [0.15, 0.2) is 41.3 Å². The number of halogens is 1. The van der Waals surface area contributed by atoms with Crippen LogP contribution in [0.4, 0.5) is 10.1 Å². The number of ether oxygens (including phenoxy) is 2. The van der Waals surface area contributed by atoms with Gasteiger partial charge in [0.2, 0.25) is 0 Å². The summed E-state index contributed by atoms with van der Waals surface area (Å²) in [6, 6.07) is 9.98. The number of thioether (sulfide) groups is 1. The number of carbonyl (C=O) groups is 1. The maximum atomic E-state index is 15.1. The fourth-order valence-corrected chi connectivity index (χ4v) is 4.80. The summed E-state index contributed by atoms with van der Waals surface area (Å²) in [4.78, 5) is 11.4. The third-order valence-electron chi connectivity index (χ3n) is 4.87. The predicted octanol–water partition coefficient (Wildman–Crippen LogP) is 4.74. The van der Waals surface area contributed by atoms with E-state index in [1.807, 2.05) is 13.0 Å². The molecule has 2 aromatic rings. The highest BCUT2D eigenvalue weighted by Crippen LogP contribution is 2.53. The van der Waals surface area contributed by atoms with Gasteiger partial charge >= 0.3 is 5.97 Å². The molecule has 1 fully saturated rings. The monoisotopic (exact) mass is 389 g/mol. The standard InChI is InChI=1S/C20H20FNO4S/c1-2-20(22-16-7-5-12(18(23)24)11-17(16)27-20)14-6-4-13(10-15(14)21)19-25-8-3-9-26-19/h4-7,10-11,19,22H,2-3,8-9H2,1H3,(H,23,24). The van der Waals surface area contributed by atoms with E-state index < -0.39 is 17.1 Å². The lowest BCUT2D eigenvalue weighted by atomic mass is 10.00. The molecule has 1 unspecified atom stereocenters. The molecule has 2 N–H and O–H groups in total. The Bertz CT molecular complexity index is 884. The Morgan fingerprint density at radius 1 is 1.30 bits per heavy atom. The third-order valence-corrected chi connectivity index (χ3v) is 6.39. The van der Waals surface area contributed by atoms with Crippen LogP contribution in [0, 0.1) is 5.82 Å². The molecule has 0 bridgehead atoms. The van der Waals surface area contributed by atoms with Gasteiger partial charge in [0.05, 0.1) is 18.8 Å². The van der Waals surface area contributed by atoms with Crippen molar-refractivity contribution in [2.75, 3.05) is 18.5 Å². The maximum absolute atomic E-state index is 15.1. The van der Waals surface area contributed by atoms with Crippen molar-refractivity contribution < 1.29 is 23.8 Å². The maximum Gasteiger partial charge on any atom is 0.335 e. The van der Waals surface area contributed by atoms with Gasteiger partial charge in [-0.3, -0.25) is 0 Å². The van der Waals surface area contributed by atoms with E-state index in [1.54, 1.807) is 24.3 Å². The summed E-state index contributed by atoms with van der Waals surface area (Å²) < 4.78 is 26.2. The van der Waals surface area contributed by atoms with Crippen molar-refractivity contribution in [3.63, 3.8) is 0 Å². The number of aromatic carboxylic acids is 1. The zero-order valence-corrected chi connectivity index (χ0v) is 15.6. The van der Waals surface area contributed by atoms with Crippen LogP contribution >= 0.6 is 11.8 Å². The molecule has 1 atom stereocenters. The quantitative estimate of drug-likeness (QED) is 0.787. The number of nitrogens with one attached hydrogen (secondary N) is 1. The minimum atomic E-state index is -0.976. The Labute approximate surface area is 160 Å². The van der Waals surface area contributed by atoms with Crippen LogP contribution in [0.5, 0.6) is 0 Å². The zero-order valence-electron chi connectivity index (χ0n) is 14.8. The minimum Gasteiger partial charge on any atom is -0.478 e. The van der Waals surface area contributed by atoms with Crippen molar-refractivity contribution in [1.29, 1.82) is 0 Å². The first-order valence-corrected chi connectivity index (χ1v) is 9.72. The molecule has 0 aromatic heterocycles. The first kappa shape index (κ1) is 18.3. The fraction of sp³-hybridized carbons (Fsp3) is 0.350.